The van der Waals surface area contributed by atoms with Crippen LogP contribution < -0.4 is 11.1 Å². The van der Waals surface area contributed by atoms with E-state index in [1.165, 1.54) is 5.56 Å². The van der Waals surface area contributed by atoms with E-state index < -0.39 is 0 Å². The minimum absolute atomic E-state index is 0.112. The molecule has 0 bridgehead atoms. The number of hydrogen-bond donors (Lipinski definition) is 1. The number of ether oxygens (including phenoxy) is 1. The molecule has 9 heteroatoms. The van der Waals surface area contributed by atoms with E-state index in [1.807, 2.05) is 29.3 Å². The first-order valence-corrected chi connectivity index (χ1v) is 13.7. The fourth-order valence-corrected chi connectivity index (χ4v) is 5.40. The number of aromatic nitrogens is 5. The summed E-state index contributed by atoms with van der Waals surface area (Å²) >= 11 is 0. The summed E-state index contributed by atoms with van der Waals surface area (Å²) in [5.74, 6) is 0. The second kappa shape index (κ2) is 10.4. The Balaban J connectivity index is 1.50. The summed E-state index contributed by atoms with van der Waals surface area (Å²) in [7, 11) is 3.51. The quantitative estimate of drug-likeness (QED) is 0.350. The molecule has 1 N–H and O–H groups in total. The number of pyridine rings is 2. The summed E-state index contributed by atoms with van der Waals surface area (Å²) < 4.78 is 10.6. The van der Waals surface area contributed by atoms with Gasteiger partial charge in [-0.05, 0) is 42.7 Å². The van der Waals surface area contributed by atoms with Crippen molar-refractivity contribution in [3.63, 3.8) is 0 Å². The molecule has 0 spiro atoms. The fourth-order valence-electron chi connectivity index (χ4n) is 5.40. The first kappa shape index (κ1) is 26.0. The number of benzene rings is 1. The minimum atomic E-state index is -0.126. The number of aromatic amines is 1. The molecule has 5 heterocycles. The first-order chi connectivity index (χ1) is 19.3. The number of aryl methyl sites for hydroxylation is 2. The maximum absolute atomic E-state index is 13.2. The number of morpholine rings is 1. The summed E-state index contributed by atoms with van der Waals surface area (Å²) in [6.07, 6.45) is 7.50. The number of H-pyrrole nitrogens is 1. The number of rotatable bonds is 6. The molecule has 1 aliphatic rings. The van der Waals surface area contributed by atoms with Crippen molar-refractivity contribution in [1.29, 1.82) is 0 Å². The zero-order chi connectivity index (χ0) is 28.0. The third-order valence-corrected chi connectivity index (χ3v) is 7.67. The van der Waals surface area contributed by atoms with E-state index in [4.69, 9.17) is 4.74 Å². The lowest BCUT2D eigenvalue weighted by molar-refractivity contribution is 0.0342. The van der Waals surface area contributed by atoms with Crippen LogP contribution in [0.1, 0.15) is 25.5 Å². The van der Waals surface area contributed by atoms with Gasteiger partial charge in [-0.15, -0.1) is 0 Å². The Morgan fingerprint density at radius 2 is 1.70 bits per heavy atom. The molecule has 9 nitrogen and oxygen atoms in total. The van der Waals surface area contributed by atoms with Gasteiger partial charge in [0, 0.05) is 92.2 Å². The molecule has 4 aromatic heterocycles. The number of hydrogen-bond acceptors (Lipinski definition) is 5. The Labute approximate surface area is 232 Å². The largest absolute Gasteiger partial charge is 0.379 e. The third-order valence-electron chi connectivity index (χ3n) is 7.67. The molecule has 0 atom stereocenters. The smallest absolute Gasteiger partial charge is 0.274 e. The molecule has 0 amide bonds. The van der Waals surface area contributed by atoms with Gasteiger partial charge in [-0.2, -0.15) is 5.10 Å². The van der Waals surface area contributed by atoms with E-state index in [1.54, 1.807) is 35.5 Å². The highest BCUT2D eigenvalue weighted by Crippen LogP contribution is 2.36. The summed E-state index contributed by atoms with van der Waals surface area (Å²) in [6.45, 7) is 8.32. The molecule has 0 radical (unpaired) electrons. The molecule has 1 saturated heterocycles. The van der Waals surface area contributed by atoms with Crippen LogP contribution in [0, 0.1) is 0 Å². The second-order valence-corrected chi connectivity index (χ2v) is 10.9. The Morgan fingerprint density at radius 1 is 0.925 bits per heavy atom. The Bertz CT molecular complexity index is 1820. The van der Waals surface area contributed by atoms with Gasteiger partial charge >= 0.3 is 0 Å². The molecule has 6 rings (SSSR count). The summed E-state index contributed by atoms with van der Waals surface area (Å²) in [4.78, 5) is 31.9. The predicted molar refractivity (Wildman–Crippen MR) is 157 cm³/mol. The Hall–Kier alpha value is -4.21. The zero-order valence-electron chi connectivity index (χ0n) is 23.3. The topological polar surface area (TPSA) is 90.1 Å². The van der Waals surface area contributed by atoms with Gasteiger partial charge in [-0.3, -0.25) is 19.2 Å². The maximum Gasteiger partial charge on any atom is 0.274 e. The lowest BCUT2D eigenvalue weighted by Gasteiger charge is -2.26. The van der Waals surface area contributed by atoms with Crippen molar-refractivity contribution in [3.05, 3.63) is 87.5 Å². The van der Waals surface area contributed by atoms with Crippen LogP contribution in [0.15, 0.2) is 70.8 Å². The molecule has 206 valence electrons. The molecule has 0 unspecified atom stereocenters. The van der Waals surface area contributed by atoms with Crippen molar-refractivity contribution in [2.75, 3.05) is 26.3 Å². The van der Waals surface area contributed by atoms with E-state index >= 15 is 0 Å². The molecular weight excluding hydrogens is 504 g/mol. The van der Waals surface area contributed by atoms with E-state index in [-0.39, 0.29) is 17.2 Å². The minimum Gasteiger partial charge on any atom is -0.379 e. The van der Waals surface area contributed by atoms with Gasteiger partial charge in [0.2, 0.25) is 0 Å². The Kier molecular flexibility index (Phi) is 6.77. The van der Waals surface area contributed by atoms with Gasteiger partial charge in [-0.25, -0.2) is 0 Å². The first-order valence-electron chi connectivity index (χ1n) is 13.7. The molecule has 1 aromatic carbocycles. The molecule has 1 aliphatic heterocycles. The lowest BCUT2D eigenvalue weighted by atomic mass is 9.94. The van der Waals surface area contributed by atoms with Crippen LogP contribution in [-0.4, -0.2) is 55.1 Å². The summed E-state index contributed by atoms with van der Waals surface area (Å²) in [5, 5.41) is 5.24. The van der Waals surface area contributed by atoms with Gasteiger partial charge in [0.25, 0.3) is 11.1 Å². The Morgan fingerprint density at radius 3 is 2.45 bits per heavy atom. The van der Waals surface area contributed by atoms with E-state index in [9.17, 15) is 9.59 Å². The highest BCUT2D eigenvalue weighted by molar-refractivity contribution is 6.00. The van der Waals surface area contributed by atoms with Gasteiger partial charge < -0.3 is 18.9 Å². The fraction of sp³-hybridized carbons (Fsp3) is 0.323. The molecule has 0 aliphatic carbocycles. The van der Waals surface area contributed by atoms with Crippen molar-refractivity contribution in [3.8, 4) is 33.5 Å². The molecule has 1 fully saturated rings. The number of nitrogens with zero attached hydrogens (tertiary/aromatic N) is 5. The van der Waals surface area contributed by atoms with Crippen LogP contribution >= 0.6 is 0 Å². The average molecular weight is 539 g/mol. The van der Waals surface area contributed by atoms with Crippen LogP contribution in [0.5, 0.6) is 0 Å². The van der Waals surface area contributed by atoms with Crippen molar-refractivity contribution in [2.45, 2.75) is 26.4 Å². The van der Waals surface area contributed by atoms with Gasteiger partial charge in [0.1, 0.15) is 5.52 Å². The van der Waals surface area contributed by atoms with Crippen molar-refractivity contribution in [1.82, 2.24) is 28.8 Å². The molecular formula is C31H34N6O3. The van der Waals surface area contributed by atoms with Gasteiger partial charge in [0.15, 0.2) is 0 Å². The molecule has 40 heavy (non-hydrogen) atoms. The average Bonchev–Trinajstić information content (AvgIpc) is 3.61. The second-order valence-electron chi connectivity index (χ2n) is 10.9. The van der Waals surface area contributed by atoms with Crippen molar-refractivity contribution < 1.29 is 4.74 Å². The standard InChI is InChI=1S/C31H34N6O3/c1-20(2)37-17-23(15-32-37)28-13-25-27(19-35(4)31(39)30(25)33-28)24-14-29(38)34(3)18-26(24)22-7-5-6-21(12-22)16-36-8-10-40-11-9-36/h5-7,12-15,17-20,33H,8-11,16H2,1-4H3. The number of fused-ring (bicyclic) bond motifs is 1. The van der Waals surface area contributed by atoms with Gasteiger partial charge in [0.05, 0.1) is 19.4 Å². The van der Waals surface area contributed by atoms with Crippen LogP contribution in [-0.2, 0) is 25.4 Å². The van der Waals surface area contributed by atoms with E-state index in [0.29, 0.717) is 5.52 Å². The van der Waals surface area contributed by atoms with Gasteiger partial charge in [-0.1, -0.05) is 18.2 Å². The van der Waals surface area contributed by atoms with Crippen LogP contribution in [0.3, 0.4) is 0 Å². The van der Waals surface area contributed by atoms with E-state index in [2.05, 4.69) is 53.1 Å². The van der Waals surface area contributed by atoms with Crippen LogP contribution in [0.4, 0.5) is 0 Å². The third kappa shape index (κ3) is 4.82. The highest BCUT2D eigenvalue weighted by atomic mass is 16.5. The normalized spacial score (nSPS) is 14.4. The summed E-state index contributed by atoms with van der Waals surface area (Å²) in [6, 6.07) is 12.4. The van der Waals surface area contributed by atoms with Crippen molar-refractivity contribution >= 4 is 10.9 Å². The van der Waals surface area contributed by atoms with Crippen LogP contribution in [0.2, 0.25) is 0 Å². The molecule has 0 saturated carbocycles. The lowest BCUT2D eigenvalue weighted by Crippen LogP contribution is -2.35. The maximum atomic E-state index is 13.2. The molecule has 5 aromatic rings. The zero-order valence-corrected chi connectivity index (χ0v) is 23.3. The van der Waals surface area contributed by atoms with Crippen LogP contribution in [0.25, 0.3) is 44.4 Å². The number of nitrogens with one attached hydrogen (secondary N) is 1. The predicted octanol–water partition coefficient (Wildman–Crippen LogP) is 4.18. The summed E-state index contributed by atoms with van der Waals surface area (Å²) in [5.41, 5.74) is 6.74. The highest BCUT2D eigenvalue weighted by Gasteiger charge is 2.19. The van der Waals surface area contributed by atoms with E-state index in [0.717, 1.165) is 71.7 Å². The van der Waals surface area contributed by atoms with Crippen molar-refractivity contribution in [2.24, 2.45) is 14.1 Å². The monoisotopic (exact) mass is 538 g/mol. The SMILES string of the molecule is CC(C)n1cc(-c2cc3c(-c4cc(=O)n(C)cc4-c4cccc(CN5CCOCC5)c4)cn(C)c(=O)c3[nH]2)cn1.